The van der Waals surface area contributed by atoms with Crippen LogP contribution < -0.4 is 15.6 Å². The van der Waals surface area contributed by atoms with Crippen LogP contribution in [0.25, 0.3) is 16.7 Å². The molecule has 1 N–H and O–H groups in total. The normalized spacial score (nSPS) is 16.8. The van der Waals surface area contributed by atoms with Gasteiger partial charge in [-0.3, -0.25) is 19.1 Å². The Morgan fingerprint density at radius 1 is 1.22 bits per heavy atom. The number of hydrogen-bond donors (Lipinski definition) is 1. The number of amides is 2. The van der Waals surface area contributed by atoms with Gasteiger partial charge >= 0.3 is 12.3 Å². The van der Waals surface area contributed by atoms with Crippen molar-refractivity contribution < 1.29 is 36.3 Å². The molecule has 1 aromatic carbocycles. The lowest BCUT2D eigenvalue weighted by atomic mass is 10.1. The molecule has 1 fully saturated rings. The van der Waals surface area contributed by atoms with Crippen molar-refractivity contribution in [2.24, 2.45) is 0 Å². The first-order valence-corrected chi connectivity index (χ1v) is 10.8. The Hall–Kier alpha value is -4.03. The van der Waals surface area contributed by atoms with Gasteiger partial charge < -0.3 is 10.1 Å². The Morgan fingerprint density at radius 3 is 2.53 bits per heavy atom. The summed E-state index contributed by atoms with van der Waals surface area (Å²) >= 11 is 0. The van der Waals surface area contributed by atoms with Crippen molar-refractivity contribution in [3.63, 3.8) is 0 Å². The molecule has 2 aromatic heterocycles. The fraction of sp³-hybridized carbons (Fsp3) is 0.304. The van der Waals surface area contributed by atoms with Gasteiger partial charge in [-0.1, -0.05) is 6.92 Å². The van der Waals surface area contributed by atoms with Crippen LogP contribution in [0.3, 0.4) is 0 Å². The summed E-state index contributed by atoms with van der Waals surface area (Å²) in [5.41, 5.74) is -2.22. The average molecular weight is 510 g/mol. The predicted octanol–water partition coefficient (Wildman–Crippen LogP) is 4.08. The van der Waals surface area contributed by atoms with E-state index < -0.39 is 59.4 Å². The Morgan fingerprint density at radius 2 is 1.94 bits per heavy atom. The number of anilines is 1. The van der Waals surface area contributed by atoms with E-state index in [0.717, 1.165) is 22.9 Å². The van der Waals surface area contributed by atoms with E-state index in [0.29, 0.717) is 6.07 Å². The zero-order chi connectivity index (χ0) is 26.4. The van der Waals surface area contributed by atoms with Gasteiger partial charge in [0, 0.05) is 12.3 Å². The highest BCUT2D eigenvalue weighted by Gasteiger charge is 2.40. The largest absolute Gasteiger partial charge is 0.444 e. The number of pyridine rings is 2. The van der Waals surface area contributed by atoms with Gasteiger partial charge in [-0.05, 0) is 37.6 Å². The number of alkyl halides is 3. The lowest BCUT2D eigenvalue weighted by Gasteiger charge is -2.21. The summed E-state index contributed by atoms with van der Waals surface area (Å²) in [4.78, 5) is 43.4. The molecule has 1 aliphatic heterocycles. The molecule has 0 radical (unpaired) electrons. The number of rotatable bonds is 5. The van der Waals surface area contributed by atoms with Crippen LogP contribution in [0.15, 0.2) is 41.3 Å². The maximum Gasteiger partial charge on any atom is 0.415 e. The van der Waals surface area contributed by atoms with Gasteiger partial charge in [0.25, 0.3) is 5.91 Å². The summed E-state index contributed by atoms with van der Waals surface area (Å²) in [6.07, 6.45) is -5.57. The number of carbonyl (C=O) groups excluding carboxylic acids is 2. The third-order valence-corrected chi connectivity index (χ3v) is 5.60. The number of nitrogens with one attached hydrogen (secondary N) is 1. The molecule has 2 atom stereocenters. The van der Waals surface area contributed by atoms with Gasteiger partial charge in [-0.15, -0.1) is 0 Å². The first kappa shape index (κ1) is 25.1. The fourth-order valence-electron chi connectivity index (χ4n) is 3.81. The lowest BCUT2D eigenvalue weighted by molar-refractivity contribution is -0.153. The molecule has 36 heavy (non-hydrogen) atoms. The zero-order valence-corrected chi connectivity index (χ0v) is 18.9. The van der Waals surface area contributed by atoms with Crippen LogP contribution in [0.2, 0.25) is 0 Å². The number of nitrogens with zero attached hydrogens (tertiary/aromatic N) is 3. The first-order valence-electron chi connectivity index (χ1n) is 10.8. The van der Waals surface area contributed by atoms with Crippen LogP contribution in [0.1, 0.15) is 30.6 Å². The quantitative estimate of drug-likeness (QED) is 0.523. The minimum Gasteiger partial charge on any atom is -0.444 e. The van der Waals surface area contributed by atoms with E-state index in [1.54, 1.807) is 12.2 Å². The van der Waals surface area contributed by atoms with Crippen molar-refractivity contribution in [3.8, 4) is 5.69 Å². The monoisotopic (exact) mass is 510 g/mol. The van der Waals surface area contributed by atoms with Gasteiger partial charge in [-0.2, -0.15) is 13.2 Å². The van der Waals surface area contributed by atoms with Gasteiger partial charge in [0.1, 0.15) is 35.2 Å². The highest BCUT2D eigenvalue weighted by Crippen LogP contribution is 2.26. The number of carbonyl (C=O) groups is 2. The third kappa shape index (κ3) is 4.60. The molecule has 1 saturated heterocycles. The molecule has 8 nitrogen and oxygen atoms in total. The van der Waals surface area contributed by atoms with Gasteiger partial charge in [0.05, 0.1) is 17.6 Å². The van der Waals surface area contributed by atoms with Crippen LogP contribution >= 0.6 is 0 Å². The van der Waals surface area contributed by atoms with E-state index in [1.165, 1.54) is 24.0 Å². The second-order valence-electron chi connectivity index (χ2n) is 8.16. The highest BCUT2D eigenvalue weighted by molar-refractivity contribution is 5.98. The molecule has 0 aliphatic carbocycles. The number of fused-ring (bicyclic) bond motifs is 1. The molecule has 3 aromatic rings. The Kier molecular flexibility index (Phi) is 6.41. The third-order valence-electron chi connectivity index (χ3n) is 5.60. The van der Waals surface area contributed by atoms with Crippen LogP contribution in [-0.2, 0) is 4.74 Å². The van der Waals surface area contributed by atoms with Crippen molar-refractivity contribution in [2.45, 2.75) is 38.6 Å². The number of hydrogen-bond acceptors (Lipinski definition) is 5. The summed E-state index contributed by atoms with van der Waals surface area (Å²) in [5, 5.41) is 1.54. The molecule has 190 valence electrons. The second kappa shape index (κ2) is 9.21. The minimum atomic E-state index is -4.76. The molecular formula is C23H19F5N4O4. The van der Waals surface area contributed by atoms with Crippen molar-refractivity contribution in [2.75, 3.05) is 11.4 Å². The topological polar surface area (TPSA) is 93.5 Å². The molecule has 2 amide bonds. The van der Waals surface area contributed by atoms with Gasteiger partial charge in [0.15, 0.2) is 5.65 Å². The van der Waals surface area contributed by atoms with Crippen LogP contribution in [0.4, 0.5) is 32.6 Å². The standard InChI is InChI=1S/C23H19F5N4O4/c1-3-17(23(26,27)28)29-21(34)14-10-31(16-6-4-12(24)8-15(16)25)20-13(19(14)33)5-7-18(30-20)32-9-11(2)36-22(32)35/h4-8,10-11,17H,3,9H2,1-2H3,(H,29,34)/t11?,17-/m1/s1. The SMILES string of the molecule is CC[C@@H](NC(=O)c1cn(-c2ccc(F)cc2F)c2nc(N3CC(C)OC3=O)ccc2c1=O)C(F)(F)F. The van der Waals surface area contributed by atoms with Gasteiger partial charge in [-0.25, -0.2) is 18.6 Å². The number of cyclic esters (lactones) is 1. The van der Waals surface area contributed by atoms with Crippen LogP contribution in [-0.4, -0.2) is 46.4 Å². The number of aromatic nitrogens is 2. The summed E-state index contributed by atoms with van der Waals surface area (Å²) in [6.45, 7) is 3.00. The maximum atomic E-state index is 14.7. The Bertz CT molecular complexity index is 1420. The van der Waals surface area contributed by atoms with Crippen molar-refractivity contribution in [1.29, 1.82) is 0 Å². The molecule has 3 heterocycles. The minimum absolute atomic E-state index is 0.0489. The van der Waals surface area contributed by atoms with Crippen LogP contribution in [0, 0.1) is 11.6 Å². The summed E-state index contributed by atoms with van der Waals surface area (Å²) in [6, 6.07) is 2.77. The lowest BCUT2D eigenvalue weighted by Crippen LogP contribution is -2.46. The van der Waals surface area contributed by atoms with Crippen molar-refractivity contribution in [3.05, 3.63) is 63.9 Å². The van der Waals surface area contributed by atoms with E-state index >= 15 is 0 Å². The molecule has 0 spiro atoms. The number of benzene rings is 1. The van der Waals surface area contributed by atoms with E-state index in [9.17, 15) is 36.3 Å². The molecule has 0 saturated carbocycles. The number of halogens is 5. The van der Waals surface area contributed by atoms with E-state index in [4.69, 9.17) is 4.74 Å². The molecular weight excluding hydrogens is 491 g/mol. The molecule has 0 bridgehead atoms. The van der Waals surface area contributed by atoms with Crippen molar-refractivity contribution >= 4 is 28.9 Å². The summed E-state index contributed by atoms with van der Waals surface area (Å²) in [5.74, 6) is -3.27. The van der Waals surface area contributed by atoms with E-state index in [1.807, 2.05) is 0 Å². The highest BCUT2D eigenvalue weighted by atomic mass is 19.4. The molecule has 4 rings (SSSR count). The molecule has 1 unspecified atom stereocenters. The average Bonchev–Trinajstić information content (AvgIpc) is 3.14. The fourth-order valence-corrected chi connectivity index (χ4v) is 3.81. The maximum absolute atomic E-state index is 14.7. The number of ether oxygens (including phenoxy) is 1. The van der Waals surface area contributed by atoms with E-state index in [-0.39, 0.29) is 29.1 Å². The second-order valence-corrected chi connectivity index (χ2v) is 8.16. The van der Waals surface area contributed by atoms with Crippen molar-refractivity contribution in [1.82, 2.24) is 14.9 Å². The van der Waals surface area contributed by atoms with Crippen LogP contribution in [0.5, 0.6) is 0 Å². The summed E-state index contributed by atoms with van der Waals surface area (Å²) in [7, 11) is 0. The summed E-state index contributed by atoms with van der Waals surface area (Å²) < 4.78 is 73.9. The molecule has 1 aliphatic rings. The van der Waals surface area contributed by atoms with Gasteiger partial charge in [0.2, 0.25) is 5.43 Å². The Balaban J connectivity index is 1.92. The smallest absolute Gasteiger partial charge is 0.415 e. The van der Waals surface area contributed by atoms with E-state index in [2.05, 4.69) is 4.98 Å². The predicted molar refractivity (Wildman–Crippen MR) is 118 cm³/mol. The first-order chi connectivity index (χ1) is 16.9. The molecule has 13 heteroatoms. The zero-order valence-electron chi connectivity index (χ0n) is 18.9. The Labute approximate surface area is 200 Å².